The van der Waals surface area contributed by atoms with E-state index >= 15 is 0 Å². The predicted molar refractivity (Wildman–Crippen MR) is 281 cm³/mol. The summed E-state index contributed by atoms with van der Waals surface area (Å²) in [5.74, 6) is -0.700. The lowest BCUT2D eigenvalue weighted by atomic mass is 9.92. The van der Waals surface area contributed by atoms with E-state index in [4.69, 9.17) is 11.5 Å². The standard InChI is InChI=1S/C17H18N4O5.C17H20N4O3.C11H10BrN3O2.C6H11NO/c1-17(2)8-9-19(16(17)23)14-13(21(24)25)10-20(18-14)12-6-4-11(5-7-12)15(22)26-3;1-17(2)8-9-20(16(17)23)14-13(18)10-21(19-14)12-6-4-11(5-7-12)15(22)24-3;1-17-11(16)7-2-4-8(5-3-7)15-6-9(13)10(12)14-15;1-6(2)3-4-7-5(6)8/h4-7,10H,8-9H2,1-3H3;4-7,10H,8-9,18H2,1-3H3;2-6H,13H2,1H3;3-4H2,1-2H3,(H,7,8). The summed E-state index contributed by atoms with van der Waals surface area (Å²) in [5.41, 5.74) is 14.8. The maximum atomic E-state index is 12.5. The van der Waals surface area contributed by atoms with Crippen LogP contribution in [0.15, 0.2) is 96.0 Å². The number of nitrogens with one attached hydrogen (secondary N) is 1. The van der Waals surface area contributed by atoms with Crippen molar-refractivity contribution < 1.29 is 47.9 Å². The highest BCUT2D eigenvalue weighted by Gasteiger charge is 2.43. The molecule has 5 N–H and O–H groups in total. The third-order valence-corrected chi connectivity index (χ3v) is 13.3. The molecule has 9 rings (SSSR count). The molecule has 3 amide bonds. The third-order valence-electron chi connectivity index (χ3n) is 12.7. The second-order valence-corrected chi connectivity index (χ2v) is 20.1. The van der Waals surface area contributed by atoms with E-state index in [9.17, 15) is 38.9 Å². The fourth-order valence-electron chi connectivity index (χ4n) is 7.81. The Kier molecular flexibility index (Phi) is 17.0. The smallest absolute Gasteiger partial charge is 0.337 e. The second kappa shape index (κ2) is 22.8. The number of nitro groups is 1. The first-order valence-electron chi connectivity index (χ1n) is 23.4. The molecule has 0 atom stereocenters. The van der Waals surface area contributed by atoms with E-state index in [0.29, 0.717) is 63.7 Å². The van der Waals surface area contributed by atoms with E-state index in [1.165, 1.54) is 37.1 Å². The van der Waals surface area contributed by atoms with Crippen LogP contribution in [-0.4, -0.2) is 111 Å². The van der Waals surface area contributed by atoms with Crippen LogP contribution in [0.1, 0.15) is 91.9 Å². The zero-order chi connectivity index (χ0) is 55.2. The minimum Gasteiger partial charge on any atom is -0.465 e. The van der Waals surface area contributed by atoms with Gasteiger partial charge in [-0.2, -0.15) is 5.10 Å². The number of esters is 3. The third kappa shape index (κ3) is 12.7. The Morgan fingerprint density at radius 2 is 0.960 bits per heavy atom. The molecule has 0 aliphatic carbocycles. The molecule has 24 heteroatoms. The molecule has 0 saturated carbocycles. The van der Waals surface area contributed by atoms with Gasteiger partial charge in [0.2, 0.25) is 23.5 Å². The average molecular weight is 1100 g/mol. The Morgan fingerprint density at radius 1 is 0.587 bits per heavy atom. The highest BCUT2D eigenvalue weighted by molar-refractivity contribution is 9.10. The van der Waals surface area contributed by atoms with Gasteiger partial charge in [-0.15, -0.1) is 10.2 Å². The number of hydrogen-bond acceptors (Lipinski definition) is 16. The maximum Gasteiger partial charge on any atom is 0.337 e. The summed E-state index contributed by atoms with van der Waals surface area (Å²) in [6.45, 7) is 13.2. The fraction of sp³-hybridized carbons (Fsp3) is 0.353. The molecule has 6 aromatic rings. The van der Waals surface area contributed by atoms with Crippen LogP contribution in [0.3, 0.4) is 0 Å². The quantitative estimate of drug-likeness (QED) is 0.0576. The molecule has 3 aliphatic heterocycles. The molecule has 6 heterocycles. The first-order chi connectivity index (χ1) is 35.3. The number of carbonyl (C=O) groups is 6. The van der Waals surface area contributed by atoms with E-state index in [1.54, 1.807) is 99.5 Å². The second-order valence-electron chi connectivity index (χ2n) is 19.4. The fourth-order valence-corrected chi connectivity index (χ4v) is 8.08. The number of carbonyl (C=O) groups excluding carboxylic acids is 6. The summed E-state index contributed by atoms with van der Waals surface area (Å²) in [6, 6.07) is 20.0. The molecule has 0 unspecified atom stereocenters. The van der Waals surface area contributed by atoms with Gasteiger partial charge in [-0.3, -0.25) is 34.3 Å². The molecule has 0 bridgehead atoms. The number of halogens is 1. The van der Waals surface area contributed by atoms with Gasteiger partial charge in [0.1, 0.15) is 6.20 Å². The molecule has 3 aliphatic rings. The van der Waals surface area contributed by atoms with Gasteiger partial charge in [0, 0.05) is 35.9 Å². The topological polar surface area (TPSA) is 297 Å². The van der Waals surface area contributed by atoms with E-state index in [-0.39, 0.29) is 40.6 Å². The average Bonchev–Trinajstić information content (AvgIpc) is 4.25. The summed E-state index contributed by atoms with van der Waals surface area (Å²) < 4.78 is 19.1. The van der Waals surface area contributed by atoms with E-state index < -0.39 is 27.7 Å². The van der Waals surface area contributed by atoms with E-state index in [2.05, 4.69) is 50.8 Å². The highest BCUT2D eigenvalue weighted by Crippen LogP contribution is 2.38. The highest BCUT2D eigenvalue weighted by atomic mass is 79.9. The number of aromatic nitrogens is 6. The molecule has 3 aromatic carbocycles. The minimum atomic E-state index is -0.570. The van der Waals surface area contributed by atoms with Crippen LogP contribution < -0.4 is 26.6 Å². The summed E-state index contributed by atoms with van der Waals surface area (Å²) in [4.78, 5) is 83.8. The van der Waals surface area contributed by atoms with Crippen LogP contribution in [-0.2, 0) is 28.6 Å². The molecule has 23 nitrogen and oxygen atoms in total. The number of methoxy groups -OCH3 is 3. The molecule has 75 heavy (non-hydrogen) atoms. The van der Waals surface area contributed by atoms with Crippen LogP contribution in [0.25, 0.3) is 17.1 Å². The molecule has 396 valence electrons. The Bertz CT molecular complexity index is 3090. The molecule has 3 saturated heterocycles. The van der Waals surface area contributed by atoms with Crippen LogP contribution in [0.2, 0.25) is 0 Å². The first kappa shape index (κ1) is 55.9. The van der Waals surface area contributed by atoms with Crippen molar-refractivity contribution in [1.29, 1.82) is 0 Å². The van der Waals surface area contributed by atoms with Gasteiger partial charge in [0.15, 0.2) is 10.4 Å². The van der Waals surface area contributed by atoms with Crippen LogP contribution in [0.4, 0.5) is 28.7 Å². The molecule has 0 radical (unpaired) electrons. The Labute approximate surface area is 440 Å². The summed E-state index contributed by atoms with van der Waals surface area (Å²) in [5, 5.41) is 27.1. The maximum absolute atomic E-state index is 12.5. The molecule has 3 aromatic heterocycles. The number of ether oxygens (including phenoxy) is 3. The SMILES string of the molecule is CC1(C)CCNC1=O.COC(=O)c1ccc(-n2cc(N)c(Br)n2)cc1.COC(=O)c1ccc(-n2cc(N)c(N3CCC(C)(C)C3=O)n2)cc1.COC(=O)c1ccc(-n2cc([N+](=O)[O-])c(N3CCC(C)(C)C3=O)n2)cc1. The lowest BCUT2D eigenvalue weighted by Gasteiger charge is -2.17. The molecule has 0 spiro atoms. The van der Waals surface area contributed by atoms with Gasteiger partial charge in [-0.25, -0.2) is 28.4 Å². The number of benzene rings is 3. The number of nitrogens with two attached hydrogens (primary N) is 2. The number of nitrogen functional groups attached to an aromatic ring is 2. The van der Waals surface area contributed by atoms with Crippen LogP contribution in [0.5, 0.6) is 0 Å². The Balaban J connectivity index is 0.000000173. The zero-order valence-corrected chi connectivity index (χ0v) is 44.5. The Morgan fingerprint density at radius 3 is 1.27 bits per heavy atom. The van der Waals surface area contributed by atoms with Gasteiger partial charge in [0.05, 0.1) is 83.8 Å². The van der Waals surface area contributed by atoms with Crippen molar-refractivity contribution in [2.24, 2.45) is 16.2 Å². The number of rotatable bonds is 9. The number of anilines is 4. The lowest BCUT2D eigenvalue weighted by molar-refractivity contribution is -0.384. The largest absolute Gasteiger partial charge is 0.465 e. The summed E-state index contributed by atoms with van der Waals surface area (Å²) in [7, 11) is 3.97. The summed E-state index contributed by atoms with van der Waals surface area (Å²) >= 11 is 3.23. The lowest BCUT2D eigenvalue weighted by Crippen LogP contribution is -2.31. The van der Waals surface area contributed by atoms with E-state index in [1.807, 2.05) is 41.5 Å². The van der Waals surface area contributed by atoms with Crippen molar-refractivity contribution >= 4 is 80.3 Å². The van der Waals surface area contributed by atoms with Crippen molar-refractivity contribution in [3.05, 3.63) is 123 Å². The summed E-state index contributed by atoms with van der Waals surface area (Å²) in [6.07, 6.45) is 6.97. The van der Waals surface area contributed by atoms with Gasteiger partial charge >= 0.3 is 23.6 Å². The van der Waals surface area contributed by atoms with Gasteiger partial charge in [-0.1, -0.05) is 41.5 Å². The normalized spacial score (nSPS) is 15.8. The number of hydrogen-bond donors (Lipinski definition) is 3. The molecular weight excluding hydrogens is 1040 g/mol. The van der Waals surface area contributed by atoms with Crippen molar-refractivity contribution in [2.45, 2.75) is 60.8 Å². The first-order valence-corrected chi connectivity index (χ1v) is 24.2. The van der Waals surface area contributed by atoms with Gasteiger partial charge < -0.3 is 31.0 Å². The minimum absolute atomic E-state index is 0.0282. The molecule has 3 fully saturated rings. The molecular formula is C51H59BrN12O11. The van der Waals surface area contributed by atoms with Crippen LogP contribution in [0, 0.1) is 26.4 Å². The number of nitrogens with zero attached hydrogens (tertiary/aromatic N) is 9. The Hall–Kier alpha value is -8.41. The number of amides is 3. The zero-order valence-electron chi connectivity index (χ0n) is 43.0. The van der Waals surface area contributed by atoms with Gasteiger partial charge in [0.25, 0.3) is 0 Å². The van der Waals surface area contributed by atoms with Crippen molar-refractivity contribution in [1.82, 2.24) is 34.7 Å². The van der Waals surface area contributed by atoms with Crippen LogP contribution >= 0.6 is 15.9 Å². The van der Waals surface area contributed by atoms with E-state index in [0.717, 1.165) is 30.8 Å². The van der Waals surface area contributed by atoms with Crippen molar-refractivity contribution in [3.63, 3.8) is 0 Å². The van der Waals surface area contributed by atoms with Crippen molar-refractivity contribution in [3.8, 4) is 17.1 Å². The van der Waals surface area contributed by atoms with Crippen molar-refractivity contribution in [2.75, 3.05) is 62.2 Å². The monoisotopic (exact) mass is 1090 g/mol. The predicted octanol–water partition coefficient (Wildman–Crippen LogP) is 6.87. The van der Waals surface area contributed by atoms with Gasteiger partial charge in [-0.05, 0) is 108 Å².